The molecule has 0 radical (unpaired) electrons. The molecule has 0 aromatic heterocycles. The molecule has 0 aliphatic carbocycles. The highest BCUT2D eigenvalue weighted by molar-refractivity contribution is 6.31. The van der Waals surface area contributed by atoms with Crippen LogP contribution < -0.4 is 5.73 Å². The first-order chi connectivity index (χ1) is 8.76. The molecule has 0 saturated heterocycles. The van der Waals surface area contributed by atoms with E-state index < -0.39 is 0 Å². The molecule has 0 bridgehead atoms. The van der Waals surface area contributed by atoms with Crippen LogP contribution in [0.15, 0.2) is 24.3 Å². The maximum absolute atomic E-state index is 6.35. The van der Waals surface area contributed by atoms with Crippen molar-refractivity contribution in [2.75, 3.05) is 13.6 Å². The maximum Gasteiger partial charge on any atom is 0.0511 e. The molecule has 2 unspecified atom stereocenters. The van der Waals surface area contributed by atoms with E-state index in [0.29, 0.717) is 0 Å². The number of hydrogen-bond acceptors (Lipinski definition) is 2. The summed E-state index contributed by atoms with van der Waals surface area (Å²) in [5.41, 5.74) is 7.71. The normalized spacial score (nSPS) is 15.6. The Hall–Kier alpha value is -0.570. The summed E-state index contributed by atoms with van der Waals surface area (Å²) in [4.78, 5) is 2.33. The Bertz CT molecular complexity index is 398. The molecule has 108 valence electrons. The van der Waals surface area contributed by atoms with Crippen LogP contribution in [-0.4, -0.2) is 24.5 Å². The molecule has 1 aromatic rings. The monoisotopic (exact) mass is 282 g/mol. The fourth-order valence-corrected chi connectivity index (χ4v) is 2.83. The van der Waals surface area contributed by atoms with Crippen LogP contribution >= 0.6 is 11.6 Å². The second-order valence-electron chi connectivity index (χ2n) is 6.51. The van der Waals surface area contributed by atoms with Gasteiger partial charge in [-0.2, -0.15) is 0 Å². The molecule has 19 heavy (non-hydrogen) atoms. The number of nitrogens with two attached hydrogens (primary N) is 1. The van der Waals surface area contributed by atoms with Gasteiger partial charge in [-0.15, -0.1) is 0 Å². The smallest absolute Gasteiger partial charge is 0.0511 e. The third kappa shape index (κ3) is 4.79. The highest BCUT2D eigenvalue weighted by Gasteiger charge is 2.27. The number of hydrogen-bond donors (Lipinski definition) is 1. The molecule has 0 spiro atoms. The third-order valence-corrected chi connectivity index (χ3v) is 3.64. The standard InChI is InChI=1S/C16H27ClN2/c1-6-14(18)15(19(5)11-16(2,3)4)12-9-7-8-10-13(12)17/h7-10,14-15H,6,11,18H2,1-5H3. The molecule has 2 N–H and O–H groups in total. The lowest BCUT2D eigenvalue weighted by molar-refractivity contribution is 0.151. The van der Waals surface area contributed by atoms with Gasteiger partial charge >= 0.3 is 0 Å². The fourth-order valence-electron chi connectivity index (χ4n) is 2.58. The first-order valence-corrected chi connectivity index (χ1v) is 7.34. The van der Waals surface area contributed by atoms with Gasteiger partial charge in [0, 0.05) is 17.6 Å². The number of rotatable bonds is 5. The Kier molecular flexibility index (Phi) is 5.84. The van der Waals surface area contributed by atoms with Crippen LogP contribution in [0, 0.1) is 5.41 Å². The molecular formula is C16H27ClN2. The van der Waals surface area contributed by atoms with Crippen molar-refractivity contribution in [2.45, 2.75) is 46.2 Å². The molecule has 3 heteroatoms. The molecule has 0 fully saturated rings. The zero-order valence-corrected chi connectivity index (χ0v) is 13.5. The van der Waals surface area contributed by atoms with Gasteiger partial charge in [-0.25, -0.2) is 0 Å². The van der Waals surface area contributed by atoms with Crippen molar-refractivity contribution >= 4 is 11.6 Å². The maximum atomic E-state index is 6.35. The van der Waals surface area contributed by atoms with Crippen molar-refractivity contribution < 1.29 is 0 Å². The van der Waals surface area contributed by atoms with Crippen molar-refractivity contribution in [3.05, 3.63) is 34.9 Å². The van der Waals surface area contributed by atoms with Crippen molar-refractivity contribution in [3.8, 4) is 0 Å². The molecule has 1 aromatic carbocycles. The van der Waals surface area contributed by atoms with Crippen LogP contribution in [0.1, 0.15) is 45.7 Å². The lowest BCUT2D eigenvalue weighted by Gasteiger charge is -2.37. The van der Waals surface area contributed by atoms with Crippen molar-refractivity contribution in [3.63, 3.8) is 0 Å². The summed E-state index contributed by atoms with van der Waals surface area (Å²) in [7, 11) is 2.13. The van der Waals surface area contributed by atoms with Gasteiger partial charge in [0.2, 0.25) is 0 Å². The first kappa shape index (κ1) is 16.5. The highest BCUT2D eigenvalue weighted by atomic mass is 35.5. The summed E-state index contributed by atoms with van der Waals surface area (Å²) >= 11 is 6.35. The average molecular weight is 283 g/mol. The number of benzene rings is 1. The van der Waals surface area contributed by atoms with Gasteiger partial charge in [-0.05, 0) is 30.5 Å². The Morgan fingerprint density at radius 2 is 1.84 bits per heavy atom. The van der Waals surface area contributed by atoms with E-state index in [-0.39, 0.29) is 17.5 Å². The average Bonchev–Trinajstić information content (AvgIpc) is 2.29. The van der Waals surface area contributed by atoms with E-state index in [1.54, 1.807) is 0 Å². The van der Waals surface area contributed by atoms with Crippen LogP contribution in [0.4, 0.5) is 0 Å². The topological polar surface area (TPSA) is 29.3 Å². The third-order valence-electron chi connectivity index (χ3n) is 3.30. The summed E-state index contributed by atoms with van der Waals surface area (Å²) in [6.07, 6.45) is 0.935. The van der Waals surface area contributed by atoms with Crippen LogP contribution in [-0.2, 0) is 0 Å². The molecule has 0 aliphatic rings. The van der Waals surface area contributed by atoms with E-state index in [9.17, 15) is 0 Å². The van der Waals surface area contributed by atoms with Gasteiger partial charge in [-0.1, -0.05) is 57.5 Å². The van der Waals surface area contributed by atoms with Crippen molar-refractivity contribution in [2.24, 2.45) is 11.1 Å². The van der Waals surface area contributed by atoms with Gasteiger partial charge in [0.1, 0.15) is 0 Å². The predicted molar refractivity (Wildman–Crippen MR) is 84.5 cm³/mol. The van der Waals surface area contributed by atoms with Crippen molar-refractivity contribution in [1.82, 2.24) is 4.90 Å². The number of halogens is 1. The summed E-state index contributed by atoms with van der Waals surface area (Å²) in [6, 6.07) is 8.27. The molecule has 2 nitrogen and oxygen atoms in total. The Morgan fingerprint density at radius 1 is 1.26 bits per heavy atom. The lowest BCUT2D eigenvalue weighted by Crippen LogP contribution is -2.42. The Morgan fingerprint density at radius 3 is 2.32 bits per heavy atom. The lowest BCUT2D eigenvalue weighted by atomic mass is 9.91. The van der Waals surface area contributed by atoms with E-state index in [0.717, 1.165) is 23.6 Å². The molecule has 0 aliphatic heterocycles. The predicted octanol–water partition coefficient (Wildman–Crippen LogP) is 4.10. The zero-order valence-electron chi connectivity index (χ0n) is 12.8. The molecule has 0 heterocycles. The number of nitrogens with zero attached hydrogens (tertiary/aromatic N) is 1. The summed E-state index contributed by atoms with van der Waals surface area (Å²) < 4.78 is 0. The van der Waals surface area contributed by atoms with E-state index >= 15 is 0 Å². The van der Waals surface area contributed by atoms with Crippen LogP contribution in [0.2, 0.25) is 5.02 Å². The molecule has 2 atom stereocenters. The fraction of sp³-hybridized carbons (Fsp3) is 0.625. The minimum Gasteiger partial charge on any atom is -0.326 e. The van der Waals surface area contributed by atoms with Crippen molar-refractivity contribution in [1.29, 1.82) is 0 Å². The van der Waals surface area contributed by atoms with E-state index in [2.05, 4.69) is 45.7 Å². The second kappa shape index (κ2) is 6.74. The van der Waals surface area contributed by atoms with E-state index in [1.165, 1.54) is 0 Å². The minimum atomic E-state index is 0.0900. The van der Waals surface area contributed by atoms with Crippen LogP contribution in [0.25, 0.3) is 0 Å². The highest BCUT2D eigenvalue weighted by Crippen LogP contribution is 2.31. The zero-order chi connectivity index (χ0) is 14.6. The molecular weight excluding hydrogens is 256 g/mol. The minimum absolute atomic E-state index is 0.0900. The second-order valence-corrected chi connectivity index (χ2v) is 6.92. The molecule has 0 saturated carbocycles. The Labute approximate surface area is 122 Å². The first-order valence-electron chi connectivity index (χ1n) is 6.96. The quantitative estimate of drug-likeness (QED) is 0.881. The summed E-state index contributed by atoms with van der Waals surface area (Å²) in [5.74, 6) is 0. The van der Waals surface area contributed by atoms with Crippen LogP contribution in [0.5, 0.6) is 0 Å². The van der Waals surface area contributed by atoms with E-state index in [1.807, 2.05) is 18.2 Å². The SMILES string of the molecule is CCC(N)C(c1ccccc1Cl)N(C)CC(C)(C)C. The number of likely N-dealkylation sites (N-methyl/N-ethyl adjacent to an activating group) is 1. The molecule has 0 amide bonds. The summed E-state index contributed by atoms with van der Waals surface area (Å²) in [5, 5.41) is 0.803. The Balaban J connectivity index is 3.05. The van der Waals surface area contributed by atoms with Gasteiger partial charge in [-0.3, -0.25) is 4.90 Å². The van der Waals surface area contributed by atoms with Gasteiger partial charge in [0.05, 0.1) is 6.04 Å². The summed E-state index contributed by atoms with van der Waals surface area (Å²) in [6.45, 7) is 9.83. The van der Waals surface area contributed by atoms with Gasteiger partial charge < -0.3 is 5.73 Å². The molecule has 1 rings (SSSR count). The van der Waals surface area contributed by atoms with Crippen LogP contribution in [0.3, 0.4) is 0 Å². The van der Waals surface area contributed by atoms with Gasteiger partial charge in [0.15, 0.2) is 0 Å². The van der Waals surface area contributed by atoms with Gasteiger partial charge in [0.25, 0.3) is 0 Å². The largest absolute Gasteiger partial charge is 0.326 e. The van der Waals surface area contributed by atoms with E-state index in [4.69, 9.17) is 17.3 Å².